The minimum absolute atomic E-state index is 0.0225. The van der Waals surface area contributed by atoms with Gasteiger partial charge in [-0.15, -0.1) is 5.10 Å². The first kappa shape index (κ1) is 8.04. The first-order chi connectivity index (χ1) is 4.97. The summed E-state index contributed by atoms with van der Waals surface area (Å²) in [5, 5.41) is 9.87. The maximum Gasteiger partial charge on any atom is 0.242 e. The van der Waals surface area contributed by atoms with Crippen molar-refractivity contribution in [3.05, 3.63) is 5.82 Å². The van der Waals surface area contributed by atoms with E-state index < -0.39 is 0 Å². The Bertz CT molecular complexity index is 233. The summed E-state index contributed by atoms with van der Waals surface area (Å²) in [5.74, 6) is 1.49. The van der Waals surface area contributed by atoms with Gasteiger partial charge in [0.2, 0.25) is 5.95 Å². The Morgan fingerprint density at radius 1 is 1.36 bits per heavy atom. The van der Waals surface area contributed by atoms with Crippen LogP contribution < -0.4 is 5.32 Å². The van der Waals surface area contributed by atoms with Crippen molar-refractivity contribution < 1.29 is 0 Å². The minimum atomic E-state index is 0.0225. The van der Waals surface area contributed by atoms with Crippen LogP contribution in [0.4, 0.5) is 5.95 Å². The van der Waals surface area contributed by atoms with Gasteiger partial charge in [-0.25, -0.2) is 0 Å². The number of anilines is 1. The van der Waals surface area contributed by atoms with Crippen LogP contribution in [0.15, 0.2) is 0 Å². The van der Waals surface area contributed by atoms with E-state index in [0.717, 1.165) is 5.82 Å². The van der Waals surface area contributed by atoms with Crippen LogP contribution in [0.25, 0.3) is 0 Å². The molecule has 2 N–H and O–H groups in total. The molecule has 4 heteroatoms. The van der Waals surface area contributed by atoms with Gasteiger partial charge in [0, 0.05) is 5.54 Å². The second-order valence-corrected chi connectivity index (χ2v) is 3.62. The average Bonchev–Trinajstić information content (AvgIpc) is 2.10. The van der Waals surface area contributed by atoms with Gasteiger partial charge in [-0.1, -0.05) is 0 Å². The highest BCUT2D eigenvalue weighted by Gasteiger charge is 2.11. The minimum Gasteiger partial charge on any atom is -0.348 e. The Kier molecular flexibility index (Phi) is 1.85. The first-order valence-corrected chi connectivity index (χ1v) is 3.64. The van der Waals surface area contributed by atoms with Crippen molar-refractivity contribution in [2.24, 2.45) is 0 Å². The van der Waals surface area contributed by atoms with Crippen molar-refractivity contribution in [3.8, 4) is 0 Å². The molecule has 1 aromatic rings. The quantitative estimate of drug-likeness (QED) is 0.641. The highest BCUT2D eigenvalue weighted by molar-refractivity contribution is 5.26. The number of nitrogens with one attached hydrogen (secondary N) is 2. The highest BCUT2D eigenvalue weighted by Crippen LogP contribution is 2.08. The second-order valence-electron chi connectivity index (χ2n) is 3.62. The number of nitrogens with zero attached hydrogens (tertiary/aromatic N) is 2. The lowest BCUT2D eigenvalue weighted by atomic mass is 10.1. The van der Waals surface area contributed by atoms with Gasteiger partial charge in [-0.2, -0.15) is 4.98 Å². The topological polar surface area (TPSA) is 53.6 Å². The predicted molar refractivity (Wildman–Crippen MR) is 44.5 cm³/mol. The monoisotopic (exact) mass is 154 g/mol. The third kappa shape index (κ3) is 2.57. The fourth-order valence-corrected chi connectivity index (χ4v) is 0.734. The molecular weight excluding hydrogens is 140 g/mol. The molecule has 0 atom stereocenters. The van der Waals surface area contributed by atoms with Crippen LogP contribution in [0.3, 0.4) is 0 Å². The molecule has 0 spiro atoms. The Morgan fingerprint density at radius 2 is 2.00 bits per heavy atom. The fourth-order valence-electron chi connectivity index (χ4n) is 0.734. The summed E-state index contributed by atoms with van der Waals surface area (Å²) < 4.78 is 0. The molecule has 0 saturated carbocycles. The van der Waals surface area contributed by atoms with E-state index in [0.29, 0.717) is 5.95 Å². The molecule has 0 aliphatic rings. The maximum absolute atomic E-state index is 4.12. The van der Waals surface area contributed by atoms with Crippen LogP contribution in [0.5, 0.6) is 0 Å². The molecule has 0 aliphatic carbocycles. The Balaban J connectivity index is 2.65. The molecule has 0 radical (unpaired) electrons. The van der Waals surface area contributed by atoms with Crippen molar-refractivity contribution in [1.82, 2.24) is 15.2 Å². The van der Waals surface area contributed by atoms with Gasteiger partial charge < -0.3 is 5.32 Å². The predicted octanol–water partition coefficient (Wildman–Crippen LogP) is 1.32. The normalized spacial score (nSPS) is 11.6. The van der Waals surface area contributed by atoms with Crippen molar-refractivity contribution in [2.45, 2.75) is 33.2 Å². The molecular formula is C7H14N4. The number of hydrogen-bond acceptors (Lipinski definition) is 3. The molecule has 1 aromatic heterocycles. The zero-order valence-corrected chi connectivity index (χ0v) is 7.39. The van der Waals surface area contributed by atoms with Crippen LogP contribution in [-0.4, -0.2) is 20.7 Å². The molecule has 4 nitrogen and oxygen atoms in total. The smallest absolute Gasteiger partial charge is 0.242 e. The van der Waals surface area contributed by atoms with Crippen molar-refractivity contribution in [3.63, 3.8) is 0 Å². The van der Waals surface area contributed by atoms with Gasteiger partial charge in [-0.3, -0.25) is 5.10 Å². The lowest BCUT2D eigenvalue weighted by Gasteiger charge is -2.18. The molecule has 1 heterocycles. The second kappa shape index (κ2) is 2.53. The molecule has 0 aliphatic heterocycles. The van der Waals surface area contributed by atoms with Gasteiger partial charge in [0.05, 0.1) is 0 Å². The molecule has 0 aromatic carbocycles. The van der Waals surface area contributed by atoms with Gasteiger partial charge in [-0.05, 0) is 27.7 Å². The Hall–Kier alpha value is -1.06. The zero-order valence-electron chi connectivity index (χ0n) is 7.39. The summed E-state index contributed by atoms with van der Waals surface area (Å²) in [6.07, 6.45) is 0. The van der Waals surface area contributed by atoms with Crippen LogP contribution >= 0.6 is 0 Å². The fraction of sp³-hybridized carbons (Fsp3) is 0.714. The van der Waals surface area contributed by atoms with E-state index in [2.05, 4.69) is 41.3 Å². The van der Waals surface area contributed by atoms with Gasteiger partial charge in [0.25, 0.3) is 0 Å². The molecule has 0 fully saturated rings. The van der Waals surface area contributed by atoms with E-state index in [1.54, 1.807) is 0 Å². The van der Waals surface area contributed by atoms with E-state index in [1.807, 2.05) is 6.92 Å². The summed E-state index contributed by atoms with van der Waals surface area (Å²) in [7, 11) is 0. The van der Waals surface area contributed by atoms with E-state index in [-0.39, 0.29) is 5.54 Å². The van der Waals surface area contributed by atoms with Crippen molar-refractivity contribution >= 4 is 5.95 Å². The standard InChI is InChI=1S/C7H14N4/c1-5-8-6(11-10-5)9-7(2,3)4/h1-4H3,(H2,8,9,10,11). The number of H-pyrrole nitrogens is 1. The summed E-state index contributed by atoms with van der Waals surface area (Å²) in [4.78, 5) is 4.12. The number of rotatable bonds is 1. The van der Waals surface area contributed by atoms with Crippen molar-refractivity contribution in [2.75, 3.05) is 5.32 Å². The molecule has 11 heavy (non-hydrogen) atoms. The Morgan fingerprint density at radius 3 is 2.36 bits per heavy atom. The largest absolute Gasteiger partial charge is 0.348 e. The summed E-state index contributed by atoms with van der Waals surface area (Å²) in [5.41, 5.74) is 0.0225. The number of aryl methyl sites for hydroxylation is 1. The number of aromatic nitrogens is 3. The molecule has 0 amide bonds. The third-order valence-electron chi connectivity index (χ3n) is 1.08. The van der Waals surface area contributed by atoms with Crippen LogP contribution in [0, 0.1) is 6.92 Å². The van der Waals surface area contributed by atoms with E-state index in [9.17, 15) is 0 Å². The first-order valence-electron chi connectivity index (χ1n) is 3.64. The van der Waals surface area contributed by atoms with Crippen molar-refractivity contribution in [1.29, 1.82) is 0 Å². The summed E-state index contributed by atoms with van der Waals surface area (Å²) in [6, 6.07) is 0. The third-order valence-corrected chi connectivity index (χ3v) is 1.08. The van der Waals surface area contributed by atoms with E-state index in [1.165, 1.54) is 0 Å². The molecule has 62 valence electrons. The van der Waals surface area contributed by atoms with E-state index in [4.69, 9.17) is 0 Å². The van der Waals surface area contributed by atoms with Crippen LogP contribution in [0.1, 0.15) is 26.6 Å². The molecule has 1 rings (SSSR count). The molecule has 0 saturated heterocycles. The maximum atomic E-state index is 4.12. The zero-order chi connectivity index (χ0) is 8.48. The summed E-state index contributed by atoms with van der Waals surface area (Å²) >= 11 is 0. The van der Waals surface area contributed by atoms with E-state index >= 15 is 0 Å². The lowest BCUT2D eigenvalue weighted by molar-refractivity contribution is 0.626. The Labute approximate surface area is 66.4 Å². The molecule has 0 unspecified atom stereocenters. The average molecular weight is 154 g/mol. The lowest BCUT2D eigenvalue weighted by Crippen LogP contribution is -2.26. The molecule has 0 bridgehead atoms. The summed E-state index contributed by atoms with van der Waals surface area (Å²) in [6.45, 7) is 8.08. The highest BCUT2D eigenvalue weighted by atomic mass is 15.3. The van der Waals surface area contributed by atoms with Gasteiger partial charge in [0.15, 0.2) is 0 Å². The van der Waals surface area contributed by atoms with Gasteiger partial charge >= 0.3 is 0 Å². The van der Waals surface area contributed by atoms with Crippen LogP contribution in [0.2, 0.25) is 0 Å². The number of hydrogen-bond donors (Lipinski definition) is 2. The SMILES string of the molecule is Cc1nc(NC(C)(C)C)n[nH]1. The van der Waals surface area contributed by atoms with Gasteiger partial charge in [0.1, 0.15) is 5.82 Å². The van der Waals surface area contributed by atoms with Crippen LogP contribution in [-0.2, 0) is 0 Å². The number of aromatic amines is 1.